The maximum absolute atomic E-state index is 11.7. The number of hydrogen-bond acceptors (Lipinski definition) is 6. The summed E-state index contributed by atoms with van der Waals surface area (Å²) in [6.07, 6.45) is -0.0420. The van der Waals surface area contributed by atoms with Crippen molar-refractivity contribution in [3.8, 4) is 0 Å². The summed E-state index contributed by atoms with van der Waals surface area (Å²) in [6.45, 7) is 0. The van der Waals surface area contributed by atoms with E-state index in [-0.39, 0.29) is 6.23 Å². The van der Waals surface area contributed by atoms with Gasteiger partial charge in [0.05, 0.1) is 5.56 Å². The minimum atomic E-state index is -2.89. The van der Waals surface area contributed by atoms with Crippen molar-refractivity contribution in [1.29, 1.82) is 0 Å². The molecule has 0 saturated heterocycles. The summed E-state index contributed by atoms with van der Waals surface area (Å²) in [5.41, 5.74) is 6.53. The van der Waals surface area contributed by atoms with Crippen LogP contribution in [0, 0.1) is 0 Å². The van der Waals surface area contributed by atoms with Crippen molar-refractivity contribution in [2.75, 3.05) is 33.3 Å². The maximum Gasteiger partial charge on any atom is 0.539 e. The molecular weight excluding hydrogens is 254 g/mol. The molecule has 0 unspecified atom stereocenters. The van der Waals surface area contributed by atoms with Gasteiger partial charge in [-0.05, 0) is 24.3 Å². The Labute approximate surface area is 107 Å². The molecule has 0 heterocycles. The first-order valence-corrected chi connectivity index (χ1v) is 7.18. The van der Waals surface area contributed by atoms with E-state index in [9.17, 15) is 4.79 Å². The third-order valence-corrected chi connectivity index (χ3v) is 4.82. The second-order valence-electron chi connectivity index (χ2n) is 3.49. The van der Waals surface area contributed by atoms with Crippen LogP contribution in [0.2, 0.25) is 0 Å². The molecule has 0 spiro atoms. The summed E-state index contributed by atoms with van der Waals surface area (Å²) in [5.74, 6) is -0.474. The second-order valence-corrected chi connectivity index (χ2v) is 6.37. The van der Waals surface area contributed by atoms with Crippen molar-refractivity contribution >= 4 is 20.5 Å². The van der Waals surface area contributed by atoms with E-state index in [2.05, 4.69) is 0 Å². The van der Waals surface area contributed by atoms with E-state index in [4.69, 9.17) is 23.7 Å². The van der Waals surface area contributed by atoms with Gasteiger partial charge in [-0.2, -0.15) is 0 Å². The lowest BCUT2D eigenvalue weighted by molar-refractivity contribution is 0.0397. The Hall–Kier alpha value is -1.41. The fraction of sp³-hybridized carbons (Fsp3) is 0.364. The number of nitrogen functional groups attached to an aromatic ring is 1. The average Bonchev–Trinajstić information content (AvgIpc) is 2.41. The molecule has 0 aliphatic carbocycles. The number of benzene rings is 1. The van der Waals surface area contributed by atoms with E-state index in [1.54, 1.807) is 24.3 Å². The van der Waals surface area contributed by atoms with Crippen LogP contribution in [0.4, 0.5) is 5.69 Å². The molecule has 1 aromatic carbocycles. The summed E-state index contributed by atoms with van der Waals surface area (Å²) < 4.78 is 20.5. The summed E-state index contributed by atoms with van der Waals surface area (Å²) >= 11 is 0. The molecule has 100 valence electrons. The standard InChI is InChI=1S/C11H17NO5Si/c1-14-18(15-2,16-3)8-17-11(13)9-4-6-10(12)7-5-9/h4-7H,8,12H2,1-3H3. The van der Waals surface area contributed by atoms with E-state index in [1.807, 2.05) is 0 Å². The van der Waals surface area contributed by atoms with Gasteiger partial charge in [-0.25, -0.2) is 4.79 Å². The minimum Gasteiger partial charge on any atom is -0.457 e. The quantitative estimate of drug-likeness (QED) is 0.469. The molecule has 18 heavy (non-hydrogen) atoms. The topological polar surface area (TPSA) is 80.0 Å². The normalized spacial score (nSPS) is 11.3. The zero-order valence-corrected chi connectivity index (χ0v) is 11.6. The van der Waals surface area contributed by atoms with Crippen LogP contribution in [-0.2, 0) is 18.0 Å². The molecule has 1 rings (SSSR count). The summed E-state index contributed by atoms with van der Waals surface area (Å²) in [5, 5.41) is 0. The summed E-state index contributed by atoms with van der Waals surface area (Å²) in [7, 11) is 1.47. The van der Waals surface area contributed by atoms with Gasteiger partial charge >= 0.3 is 14.8 Å². The number of anilines is 1. The molecule has 6 nitrogen and oxygen atoms in total. The Bertz CT molecular complexity index is 383. The number of esters is 1. The summed E-state index contributed by atoms with van der Waals surface area (Å²) in [4.78, 5) is 11.7. The van der Waals surface area contributed by atoms with Crippen LogP contribution in [0.25, 0.3) is 0 Å². The molecule has 0 fully saturated rings. The van der Waals surface area contributed by atoms with Gasteiger partial charge in [0, 0.05) is 27.0 Å². The average molecular weight is 271 g/mol. The third kappa shape index (κ3) is 3.54. The highest BCUT2D eigenvalue weighted by Gasteiger charge is 2.40. The molecule has 0 radical (unpaired) electrons. The highest BCUT2D eigenvalue weighted by molar-refractivity contribution is 6.60. The Morgan fingerprint density at radius 3 is 2.06 bits per heavy atom. The minimum absolute atomic E-state index is 0.0420. The van der Waals surface area contributed by atoms with Crippen LogP contribution in [-0.4, -0.2) is 42.3 Å². The first kappa shape index (κ1) is 14.6. The van der Waals surface area contributed by atoms with Crippen LogP contribution in [0.15, 0.2) is 24.3 Å². The molecule has 7 heteroatoms. The molecule has 0 aliphatic rings. The Balaban J connectivity index is 2.63. The number of hydrogen-bond donors (Lipinski definition) is 1. The lowest BCUT2D eigenvalue weighted by atomic mass is 10.2. The van der Waals surface area contributed by atoms with E-state index >= 15 is 0 Å². The predicted molar refractivity (Wildman–Crippen MR) is 67.9 cm³/mol. The van der Waals surface area contributed by atoms with E-state index in [1.165, 1.54) is 21.3 Å². The van der Waals surface area contributed by atoms with Gasteiger partial charge in [0.15, 0.2) is 6.23 Å². The van der Waals surface area contributed by atoms with Crippen LogP contribution < -0.4 is 5.73 Å². The first-order valence-electron chi connectivity index (χ1n) is 5.25. The molecule has 0 saturated carbocycles. The number of carbonyl (C=O) groups is 1. The van der Waals surface area contributed by atoms with Crippen molar-refractivity contribution in [1.82, 2.24) is 0 Å². The number of carbonyl (C=O) groups excluding carboxylic acids is 1. The van der Waals surface area contributed by atoms with Gasteiger partial charge in [0.1, 0.15) is 0 Å². The van der Waals surface area contributed by atoms with Crippen molar-refractivity contribution in [3.05, 3.63) is 29.8 Å². The molecule has 1 aromatic rings. The van der Waals surface area contributed by atoms with Crippen molar-refractivity contribution < 1.29 is 22.8 Å². The second kappa shape index (κ2) is 6.50. The molecule has 0 aliphatic heterocycles. The van der Waals surface area contributed by atoms with E-state index in [0.717, 1.165) is 0 Å². The zero-order chi connectivity index (χ0) is 13.6. The zero-order valence-electron chi connectivity index (χ0n) is 10.6. The lowest BCUT2D eigenvalue weighted by Crippen LogP contribution is -2.48. The van der Waals surface area contributed by atoms with Crippen molar-refractivity contribution in [2.24, 2.45) is 0 Å². The fourth-order valence-corrected chi connectivity index (χ4v) is 2.44. The van der Waals surface area contributed by atoms with Crippen LogP contribution in [0.1, 0.15) is 10.4 Å². The van der Waals surface area contributed by atoms with Gasteiger partial charge in [-0.3, -0.25) is 0 Å². The SMILES string of the molecule is CO[Si](COC(=O)c1ccc(N)cc1)(OC)OC. The largest absolute Gasteiger partial charge is 0.539 e. The van der Waals surface area contributed by atoms with E-state index in [0.29, 0.717) is 11.3 Å². The lowest BCUT2D eigenvalue weighted by Gasteiger charge is -2.23. The van der Waals surface area contributed by atoms with Crippen LogP contribution >= 0.6 is 0 Å². The van der Waals surface area contributed by atoms with Gasteiger partial charge in [0.2, 0.25) is 0 Å². The monoisotopic (exact) mass is 271 g/mol. The fourth-order valence-electron chi connectivity index (χ4n) is 1.28. The summed E-state index contributed by atoms with van der Waals surface area (Å²) in [6, 6.07) is 6.44. The van der Waals surface area contributed by atoms with Crippen LogP contribution in [0.5, 0.6) is 0 Å². The Kier molecular flexibility index (Phi) is 5.29. The van der Waals surface area contributed by atoms with E-state index < -0.39 is 14.8 Å². The molecule has 0 atom stereocenters. The molecular formula is C11H17NO5Si. The number of nitrogens with two attached hydrogens (primary N) is 1. The molecule has 0 aromatic heterocycles. The van der Waals surface area contributed by atoms with Crippen molar-refractivity contribution in [2.45, 2.75) is 0 Å². The van der Waals surface area contributed by atoms with Gasteiger partial charge in [-0.1, -0.05) is 0 Å². The highest BCUT2D eigenvalue weighted by atomic mass is 28.4. The maximum atomic E-state index is 11.7. The first-order chi connectivity index (χ1) is 8.56. The number of rotatable bonds is 6. The Morgan fingerprint density at radius 1 is 1.11 bits per heavy atom. The van der Waals surface area contributed by atoms with Crippen LogP contribution in [0.3, 0.4) is 0 Å². The van der Waals surface area contributed by atoms with Gasteiger partial charge < -0.3 is 23.7 Å². The number of ether oxygens (including phenoxy) is 1. The smallest absolute Gasteiger partial charge is 0.457 e. The molecule has 0 amide bonds. The van der Waals surface area contributed by atoms with Crippen molar-refractivity contribution in [3.63, 3.8) is 0 Å². The third-order valence-electron chi connectivity index (χ3n) is 2.46. The van der Waals surface area contributed by atoms with Gasteiger partial charge in [-0.15, -0.1) is 0 Å². The molecule has 2 N–H and O–H groups in total. The van der Waals surface area contributed by atoms with Gasteiger partial charge in [0.25, 0.3) is 0 Å². The molecule has 0 bridgehead atoms. The predicted octanol–water partition coefficient (Wildman–Crippen LogP) is 0.843. The highest BCUT2D eigenvalue weighted by Crippen LogP contribution is 2.10. The Morgan fingerprint density at radius 2 is 1.61 bits per heavy atom.